The number of rotatable bonds is 12. The van der Waals surface area contributed by atoms with E-state index in [1.165, 1.54) is 19.6 Å². The van der Waals surface area contributed by atoms with Crippen molar-refractivity contribution in [3.8, 4) is 0 Å². The fourth-order valence-corrected chi connectivity index (χ4v) is 4.63. The van der Waals surface area contributed by atoms with Gasteiger partial charge in [0.2, 0.25) is 5.91 Å². The third-order valence-electron chi connectivity index (χ3n) is 8.29. The molecular formula is C34H44N2O5. The standard InChI is InChI=1S/C34H44N2O5/c1-9-32(4,5)25-16-17-28(27(22-25)33(6,7)10-2)36-30(39)31(35-23(3)37)41-26-18-20-34(40-8,21-19-26)29(38)24-14-12-11-13-15-24/h11-20,22,31H,9-10,21H2,1-8H3,(H,35,37)(H,36,39). The molecule has 0 bridgehead atoms. The minimum absolute atomic E-state index is 0.0119. The summed E-state index contributed by atoms with van der Waals surface area (Å²) in [5.74, 6) is -0.745. The number of ketones is 1. The lowest BCUT2D eigenvalue weighted by molar-refractivity contribution is -0.133. The molecule has 3 rings (SSSR count). The van der Waals surface area contributed by atoms with Gasteiger partial charge in [0.15, 0.2) is 11.4 Å². The van der Waals surface area contributed by atoms with Crippen LogP contribution < -0.4 is 10.6 Å². The first-order valence-corrected chi connectivity index (χ1v) is 14.2. The Balaban J connectivity index is 1.85. The molecule has 2 amide bonds. The van der Waals surface area contributed by atoms with Gasteiger partial charge in [-0.3, -0.25) is 14.4 Å². The van der Waals surface area contributed by atoms with Crippen LogP contribution >= 0.6 is 0 Å². The number of benzene rings is 2. The van der Waals surface area contributed by atoms with Crippen molar-refractivity contribution in [2.45, 2.75) is 90.4 Å². The second kappa shape index (κ2) is 12.9. The van der Waals surface area contributed by atoms with Crippen LogP contribution in [0.25, 0.3) is 0 Å². The molecule has 0 radical (unpaired) electrons. The van der Waals surface area contributed by atoms with Crippen molar-refractivity contribution in [3.05, 3.63) is 89.2 Å². The van der Waals surface area contributed by atoms with E-state index in [1.807, 2.05) is 18.2 Å². The van der Waals surface area contributed by atoms with Gasteiger partial charge in [-0.2, -0.15) is 0 Å². The van der Waals surface area contributed by atoms with Gasteiger partial charge in [-0.1, -0.05) is 84.0 Å². The summed E-state index contributed by atoms with van der Waals surface area (Å²) in [5, 5.41) is 5.60. The van der Waals surface area contributed by atoms with E-state index in [1.54, 1.807) is 42.5 Å². The van der Waals surface area contributed by atoms with E-state index < -0.39 is 23.6 Å². The highest BCUT2D eigenvalue weighted by Gasteiger charge is 2.38. The SMILES string of the molecule is CCC(C)(C)c1ccc(NC(=O)C(NC(C)=O)OC2=CCC(OC)(C(=O)c3ccccc3)C=C2)c(C(C)(C)CC)c1. The van der Waals surface area contributed by atoms with Gasteiger partial charge < -0.3 is 20.1 Å². The summed E-state index contributed by atoms with van der Waals surface area (Å²) in [7, 11) is 1.49. The topological polar surface area (TPSA) is 93.7 Å². The zero-order valence-electron chi connectivity index (χ0n) is 25.6. The predicted molar refractivity (Wildman–Crippen MR) is 163 cm³/mol. The molecule has 220 valence electrons. The molecule has 0 saturated carbocycles. The molecule has 7 nitrogen and oxygen atoms in total. The Hall–Kier alpha value is -3.71. The minimum Gasteiger partial charge on any atom is -0.461 e. The zero-order chi connectivity index (χ0) is 30.4. The minimum atomic E-state index is -1.28. The van der Waals surface area contributed by atoms with E-state index in [9.17, 15) is 14.4 Å². The number of methoxy groups -OCH3 is 1. The van der Waals surface area contributed by atoms with E-state index in [0.717, 1.165) is 18.4 Å². The number of Topliss-reactive ketones (excluding diaryl/α,β-unsaturated/α-hetero) is 1. The molecule has 0 aliphatic heterocycles. The van der Waals surface area contributed by atoms with Crippen LogP contribution in [0.15, 0.2) is 72.5 Å². The number of amides is 2. The molecule has 2 N–H and O–H groups in total. The van der Waals surface area contributed by atoms with Crippen molar-refractivity contribution in [3.63, 3.8) is 0 Å². The van der Waals surface area contributed by atoms with Crippen molar-refractivity contribution < 1.29 is 23.9 Å². The quantitative estimate of drug-likeness (QED) is 0.226. The normalized spacial score (nSPS) is 17.8. The van der Waals surface area contributed by atoms with Crippen LogP contribution in [0.1, 0.15) is 89.2 Å². The Bertz CT molecular complexity index is 1330. The first-order chi connectivity index (χ1) is 19.3. The first kappa shape index (κ1) is 31.8. The van der Waals surface area contributed by atoms with E-state index in [-0.39, 0.29) is 23.0 Å². The number of anilines is 1. The van der Waals surface area contributed by atoms with Crippen molar-refractivity contribution in [2.24, 2.45) is 0 Å². The summed E-state index contributed by atoms with van der Waals surface area (Å²) in [6.45, 7) is 14.3. The number of carbonyl (C=O) groups is 3. The van der Waals surface area contributed by atoms with E-state index >= 15 is 0 Å². The summed E-state index contributed by atoms with van der Waals surface area (Å²) in [6.07, 6.45) is 5.71. The lowest BCUT2D eigenvalue weighted by Gasteiger charge is -2.31. The highest BCUT2D eigenvalue weighted by atomic mass is 16.5. The lowest BCUT2D eigenvalue weighted by atomic mass is 9.76. The molecule has 41 heavy (non-hydrogen) atoms. The molecule has 0 heterocycles. The van der Waals surface area contributed by atoms with Gasteiger partial charge in [0.05, 0.1) is 0 Å². The average Bonchev–Trinajstić information content (AvgIpc) is 2.97. The maximum Gasteiger partial charge on any atom is 0.286 e. The second-order valence-corrected chi connectivity index (χ2v) is 11.9. The summed E-state index contributed by atoms with van der Waals surface area (Å²) < 4.78 is 11.6. The van der Waals surface area contributed by atoms with Gasteiger partial charge in [-0.05, 0) is 59.1 Å². The van der Waals surface area contributed by atoms with E-state index in [0.29, 0.717) is 17.0 Å². The molecular weight excluding hydrogens is 516 g/mol. The summed E-state index contributed by atoms with van der Waals surface area (Å²) >= 11 is 0. The van der Waals surface area contributed by atoms with Crippen LogP contribution in [-0.4, -0.2) is 36.5 Å². The Kier molecular flexibility index (Phi) is 9.98. The van der Waals surface area contributed by atoms with Crippen molar-refractivity contribution >= 4 is 23.3 Å². The molecule has 1 aliphatic rings. The summed E-state index contributed by atoms with van der Waals surface area (Å²) in [4.78, 5) is 38.8. The summed E-state index contributed by atoms with van der Waals surface area (Å²) in [5.41, 5.74) is 2.04. The maximum absolute atomic E-state index is 13.5. The fraction of sp³-hybridized carbons (Fsp3) is 0.441. The van der Waals surface area contributed by atoms with Gasteiger partial charge in [0.25, 0.3) is 12.1 Å². The van der Waals surface area contributed by atoms with Crippen molar-refractivity contribution in [1.29, 1.82) is 0 Å². The second-order valence-electron chi connectivity index (χ2n) is 11.9. The van der Waals surface area contributed by atoms with Crippen LogP contribution in [0.5, 0.6) is 0 Å². The van der Waals surface area contributed by atoms with Gasteiger partial charge in [0, 0.05) is 31.7 Å². The van der Waals surface area contributed by atoms with Crippen LogP contribution in [0.2, 0.25) is 0 Å². The molecule has 0 saturated heterocycles. The molecule has 2 aromatic rings. The highest BCUT2D eigenvalue weighted by molar-refractivity contribution is 6.04. The smallest absolute Gasteiger partial charge is 0.286 e. The zero-order valence-corrected chi connectivity index (χ0v) is 25.6. The van der Waals surface area contributed by atoms with Gasteiger partial charge in [-0.25, -0.2) is 0 Å². The molecule has 2 atom stereocenters. The molecule has 0 aromatic heterocycles. The van der Waals surface area contributed by atoms with E-state index in [4.69, 9.17) is 9.47 Å². The van der Waals surface area contributed by atoms with Crippen LogP contribution in [0.3, 0.4) is 0 Å². The predicted octanol–water partition coefficient (Wildman–Crippen LogP) is 6.59. The molecule has 2 unspecified atom stereocenters. The largest absolute Gasteiger partial charge is 0.461 e. The van der Waals surface area contributed by atoms with Gasteiger partial charge >= 0.3 is 0 Å². The van der Waals surface area contributed by atoms with Crippen molar-refractivity contribution in [2.75, 3.05) is 12.4 Å². The van der Waals surface area contributed by atoms with Crippen LogP contribution in [0, 0.1) is 0 Å². The number of nitrogens with one attached hydrogen (secondary N) is 2. The highest BCUT2D eigenvalue weighted by Crippen LogP contribution is 2.37. The number of carbonyl (C=O) groups excluding carboxylic acids is 3. The average molecular weight is 561 g/mol. The van der Waals surface area contributed by atoms with Gasteiger partial charge in [-0.15, -0.1) is 0 Å². The maximum atomic E-state index is 13.5. The molecule has 0 spiro atoms. The van der Waals surface area contributed by atoms with Crippen LogP contribution in [0.4, 0.5) is 5.69 Å². The first-order valence-electron chi connectivity index (χ1n) is 14.2. The fourth-order valence-electron chi connectivity index (χ4n) is 4.63. The summed E-state index contributed by atoms with van der Waals surface area (Å²) in [6, 6.07) is 15.1. The van der Waals surface area contributed by atoms with Crippen LogP contribution in [-0.2, 0) is 29.9 Å². The number of hydrogen-bond donors (Lipinski definition) is 2. The molecule has 0 fully saturated rings. The molecule has 1 aliphatic carbocycles. The Morgan fingerprint density at radius 2 is 1.63 bits per heavy atom. The molecule has 7 heteroatoms. The molecule has 2 aromatic carbocycles. The lowest BCUT2D eigenvalue weighted by Crippen LogP contribution is -2.45. The van der Waals surface area contributed by atoms with Gasteiger partial charge in [0.1, 0.15) is 5.76 Å². The Labute approximate surface area is 244 Å². The number of hydrogen-bond acceptors (Lipinski definition) is 5. The monoisotopic (exact) mass is 560 g/mol. The van der Waals surface area contributed by atoms with Crippen molar-refractivity contribution in [1.82, 2.24) is 5.32 Å². The Morgan fingerprint density at radius 3 is 2.17 bits per heavy atom. The number of allylic oxidation sites excluding steroid dienone is 1. The third-order valence-corrected chi connectivity index (χ3v) is 8.29. The Morgan fingerprint density at radius 1 is 0.976 bits per heavy atom. The van der Waals surface area contributed by atoms with E-state index in [2.05, 4.69) is 58.2 Å². The third kappa shape index (κ3) is 7.33. The number of ether oxygens (including phenoxy) is 2.